The maximum absolute atomic E-state index is 15.2. The van der Waals surface area contributed by atoms with Crippen LogP contribution in [0.3, 0.4) is 0 Å². The van der Waals surface area contributed by atoms with Crippen LogP contribution >= 0.6 is 0 Å². The van der Waals surface area contributed by atoms with E-state index in [0.29, 0.717) is 53.7 Å². The lowest BCUT2D eigenvalue weighted by molar-refractivity contribution is -0.125. The van der Waals surface area contributed by atoms with Crippen molar-refractivity contribution in [1.82, 2.24) is 0 Å². The number of nitrogens with one attached hydrogen (secondary N) is 2. The van der Waals surface area contributed by atoms with Gasteiger partial charge in [-0.1, -0.05) is 158 Å². The second-order valence-corrected chi connectivity index (χ2v) is 15.1. The number of hydrogen-bond donors (Lipinski definition) is 2. The van der Waals surface area contributed by atoms with E-state index in [4.69, 9.17) is 0 Å². The fourth-order valence-corrected chi connectivity index (χ4v) is 8.47. The number of anilines is 2. The molecular weight excluding hydrogens is 669 g/mol. The van der Waals surface area contributed by atoms with E-state index in [0.717, 1.165) is 79.2 Å². The molecule has 0 unspecified atom stereocenters. The Morgan fingerprint density at radius 2 is 0.963 bits per heavy atom. The maximum Gasteiger partial charge on any atom is 0.238 e. The maximum atomic E-state index is 15.2. The van der Waals surface area contributed by atoms with Crippen LogP contribution in [-0.4, -0.2) is 23.4 Å². The highest BCUT2D eigenvalue weighted by molar-refractivity contribution is 6.27. The number of unbranched alkanes of at least 4 members (excludes halogenated alkanes) is 4. The van der Waals surface area contributed by atoms with Crippen LogP contribution in [0.25, 0.3) is 11.1 Å². The Balaban J connectivity index is 1.64. The van der Waals surface area contributed by atoms with Crippen LogP contribution in [-0.2, 0) is 9.59 Å². The predicted octanol–water partition coefficient (Wildman–Crippen LogP) is 11.7. The Hall–Kier alpha value is -5.10. The van der Waals surface area contributed by atoms with E-state index >= 15 is 4.79 Å². The summed E-state index contributed by atoms with van der Waals surface area (Å²) >= 11 is 0. The van der Waals surface area contributed by atoms with Gasteiger partial charge in [0.25, 0.3) is 0 Å². The van der Waals surface area contributed by atoms with Gasteiger partial charge in [-0.3, -0.25) is 19.2 Å². The highest BCUT2D eigenvalue weighted by Crippen LogP contribution is 2.48. The summed E-state index contributed by atoms with van der Waals surface area (Å²) in [5.41, 5.74) is 4.78. The van der Waals surface area contributed by atoms with Gasteiger partial charge >= 0.3 is 0 Å². The molecule has 0 radical (unpaired) electrons. The van der Waals surface area contributed by atoms with Crippen molar-refractivity contribution in [2.75, 3.05) is 10.6 Å². The molecule has 0 spiro atoms. The lowest BCUT2D eigenvalue weighted by Gasteiger charge is -2.37. The summed E-state index contributed by atoms with van der Waals surface area (Å²) in [5.74, 6) is -0.712. The number of hydrogen-bond acceptors (Lipinski definition) is 4. The van der Waals surface area contributed by atoms with Gasteiger partial charge < -0.3 is 10.6 Å². The summed E-state index contributed by atoms with van der Waals surface area (Å²) in [6.45, 7) is 8.34. The Labute approximate surface area is 320 Å². The van der Waals surface area contributed by atoms with E-state index in [1.807, 2.05) is 72.8 Å². The van der Waals surface area contributed by atoms with Crippen molar-refractivity contribution < 1.29 is 19.2 Å². The molecule has 4 aromatic carbocycles. The summed E-state index contributed by atoms with van der Waals surface area (Å²) in [5, 5.41) is 6.38. The third-order valence-corrected chi connectivity index (χ3v) is 11.6. The largest absolute Gasteiger partial charge is 0.325 e. The zero-order chi connectivity index (χ0) is 38.3. The van der Waals surface area contributed by atoms with Crippen LogP contribution in [0, 0.1) is 10.8 Å². The molecular formula is C48H54N2O4. The number of fused-ring (bicyclic) bond motifs is 2. The first-order chi connectivity index (χ1) is 26.3. The molecule has 0 atom stereocenters. The molecule has 2 N–H and O–H groups in total. The van der Waals surface area contributed by atoms with Gasteiger partial charge in [0, 0.05) is 5.56 Å². The molecule has 0 aromatic heterocycles. The Bertz CT molecular complexity index is 1990. The molecule has 2 amide bonds. The van der Waals surface area contributed by atoms with Crippen LogP contribution in [0.4, 0.5) is 11.4 Å². The zero-order valence-corrected chi connectivity index (χ0v) is 32.4. The molecule has 0 fully saturated rings. The Morgan fingerprint density at radius 3 is 1.46 bits per heavy atom. The molecule has 2 aliphatic heterocycles. The van der Waals surface area contributed by atoms with Crippen molar-refractivity contribution in [3.8, 4) is 0 Å². The number of Topliss-reactive ketones (excluding diaryl/α,β-unsaturated/α-hetero) is 2. The fourth-order valence-electron chi connectivity index (χ4n) is 8.47. The van der Waals surface area contributed by atoms with Crippen LogP contribution in [0.2, 0.25) is 0 Å². The van der Waals surface area contributed by atoms with E-state index in [-0.39, 0.29) is 23.4 Å². The molecule has 0 aliphatic carbocycles. The van der Waals surface area contributed by atoms with Gasteiger partial charge in [0.2, 0.25) is 11.8 Å². The minimum absolute atomic E-state index is 0.113. The number of ketones is 2. The highest BCUT2D eigenvalue weighted by atomic mass is 16.2. The van der Waals surface area contributed by atoms with Crippen LogP contribution in [0.1, 0.15) is 148 Å². The van der Waals surface area contributed by atoms with Gasteiger partial charge in [-0.25, -0.2) is 0 Å². The number of benzene rings is 4. The smallest absolute Gasteiger partial charge is 0.238 e. The highest BCUT2D eigenvalue weighted by Gasteiger charge is 2.50. The Morgan fingerprint density at radius 1 is 0.481 bits per heavy atom. The van der Waals surface area contributed by atoms with Gasteiger partial charge in [-0.2, -0.15) is 0 Å². The first-order valence-corrected chi connectivity index (χ1v) is 20.1. The first kappa shape index (κ1) is 38.6. The van der Waals surface area contributed by atoms with Gasteiger partial charge in [0.1, 0.15) is 10.8 Å². The second-order valence-electron chi connectivity index (χ2n) is 15.1. The quantitative estimate of drug-likeness (QED) is 0.0889. The van der Waals surface area contributed by atoms with Crippen molar-refractivity contribution in [3.63, 3.8) is 0 Å². The summed E-state index contributed by atoms with van der Waals surface area (Å²) in [6, 6.07) is 31.6. The van der Waals surface area contributed by atoms with E-state index in [1.165, 1.54) is 0 Å². The number of amides is 2. The first-order valence-electron chi connectivity index (χ1n) is 20.1. The van der Waals surface area contributed by atoms with Crippen LogP contribution in [0.5, 0.6) is 0 Å². The van der Waals surface area contributed by atoms with E-state index in [9.17, 15) is 14.4 Å². The standard InChI is InChI=1S/C48H54N2O4/c1-5-9-28-47(29-10-6-2)43(51)36-27-26-35(32-39(36)50-45(47)53)41(40(33-20-15-13-16-21-33)34-22-17-14-18-23-34)37-24-19-25-38-42(37)44(52)48(30-11-7-3,31-12-8-4)46(54)49-38/h13-27,32H,5-12,28-31H2,1-4H3,(H,49,54)(H,50,53). The average molecular weight is 723 g/mol. The van der Waals surface area contributed by atoms with Crippen LogP contribution < -0.4 is 10.6 Å². The van der Waals surface area contributed by atoms with Crippen LogP contribution in [0.15, 0.2) is 97.1 Å². The van der Waals surface area contributed by atoms with Gasteiger partial charge in [0.15, 0.2) is 11.6 Å². The summed E-state index contributed by atoms with van der Waals surface area (Å²) in [4.78, 5) is 57.8. The SMILES string of the molecule is CCCCC1(CCCC)C(=O)Nc2cc(C(=C(c3ccccc3)c3ccccc3)c3cccc4c3C(=O)C(CCCC)(CCCC)C(=O)N4)ccc2C1=O. The van der Waals surface area contributed by atoms with Crippen molar-refractivity contribution in [2.45, 2.75) is 105 Å². The minimum atomic E-state index is -1.17. The van der Waals surface area contributed by atoms with Gasteiger partial charge in [-0.15, -0.1) is 0 Å². The molecule has 0 saturated heterocycles. The monoisotopic (exact) mass is 722 g/mol. The third kappa shape index (κ3) is 7.11. The van der Waals surface area contributed by atoms with E-state index in [2.05, 4.69) is 62.6 Å². The topological polar surface area (TPSA) is 92.3 Å². The average Bonchev–Trinajstić information content (AvgIpc) is 3.19. The molecule has 2 aliphatic rings. The molecule has 6 heteroatoms. The van der Waals surface area contributed by atoms with Crippen molar-refractivity contribution in [1.29, 1.82) is 0 Å². The lowest BCUT2D eigenvalue weighted by atomic mass is 9.68. The molecule has 4 aromatic rings. The van der Waals surface area contributed by atoms with E-state index < -0.39 is 10.8 Å². The zero-order valence-electron chi connectivity index (χ0n) is 32.4. The second kappa shape index (κ2) is 16.9. The lowest BCUT2D eigenvalue weighted by Crippen LogP contribution is -2.47. The molecule has 54 heavy (non-hydrogen) atoms. The van der Waals surface area contributed by atoms with Crippen molar-refractivity contribution in [2.24, 2.45) is 10.8 Å². The minimum Gasteiger partial charge on any atom is -0.325 e. The summed E-state index contributed by atoms with van der Waals surface area (Å²) in [7, 11) is 0. The third-order valence-electron chi connectivity index (χ3n) is 11.6. The summed E-state index contributed by atoms with van der Waals surface area (Å²) in [6.07, 6.45) is 8.66. The van der Waals surface area contributed by atoms with Gasteiger partial charge in [-0.05, 0) is 77.3 Å². The number of carbonyl (C=O) groups is 4. The number of rotatable bonds is 16. The Kier molecular flexibility index (Phi) is 12.1. The normalized spacial score (nSPS) is 15.6. The van der Waals surface area contributed by atoms with Crippen molar-refractivity contribution >= 4 is 45.9 Å². The molecule has 2 heterocycles. The number of carbonyl (C=O) groups excluding carboxylic acids is 4. The molecule has 6 nitrogen and oxygen atoms in total. The molecule has 0 bridgehead atoms. The molecule has 280 valence electrons. The fraction of sp³-hybridized carbons (Fsp3) is 0.375. The summed E-state index contributed by atoms with van der Waals surface area (Å²) < 4.78 is 0. The van der Waals surface area contributed by atoms with Crippen molar-refractivity contribution in [3.05, 3.63) is 130 Å². The predicted molar refractivity (Wildman–Crippen MR) is 220 cm³/mol. The van der Waals surface area contributed by atoms with Gasteiger partial charge in [0.05, 0.1) is 16.9 Å². The van der Waals surface area contributed by atoms with E-state index in [1.54, 1.807) is 0 Å². The molecule has 6 rings (SSSR count). The molecule has 0 saturated carbocycles.